The Bertz CT molecular complexity index is 566. The number of benzene rings is 1. The van der Waals surface area contributed by atoms with Gasteiger partial charge in [0.1, 0.15) is 0 Å². The largest absolute Gasteiger partial charge is 0.388 e. The van der Waals surface area contributed by atoms with Crippen LogP contribution in [0.2, 0.25) is 0 Å². The van der Waals surface area contributed by atoms with E-state index >= 15 is 0 Å². The van der Waals surface area contributed by atoms with E-state index in [1.54, 1.807) is 6.20 Å². The zero-order chi connectivity index (χ0) is 13.8. The van der Waals surface area contributed by atoms with Crippen molar-refractivity contribution >= 4 is 22.7 Å². The molecular weight excluding hydrogens is 266 g/mol. The normalized spacial score (nSPS) is 18.2. The van der Waals surface area contributed by atoms with Crippen LogP contribution in [0, 0.1) is 0 Å². The Morgan fingerprint density at radius 2 is 2.05 bits per heavy atom. The second-order valence-corrected chi connectivity index (χ2v) is 6.90. The van der Waals surface area contributed by atoms with E-state index in [1.807, 2.05) is 36.0 Å². The Balaban J connectivity index is 1.64. The van der Waals surface area contributed by atoms with Crippen LogP contribution in [0.5, 0.6) is 0 Å². The molecule has 20 heavy (non-hydrogen) atoms. The Labute approximate surface area is 124 Å². The molecule has 3 heteroatoms. The summed E-state index contributed by atoms with van der Waals surface area (Å²) < 4.78 is 0. The number of pyridine rings is 1. The number of hydrogen-bond donors (Lipinski definition) is 1. The predicted molar refractivity (Wildman–Crippen MR) is 86.0 cm³/mol. The van der Waals surface area contributed by atoms with Crippen LogP contribution in [0.15, 0.2) is 36.5 Å². The Morgan fingerprint density at radius 1 is 1.20 bits per heavy atom. The van der Waals surface area contributed by atoms with Gasteiger partial charge in [-0.05, 0) is 36.6 Å². The van der Waals surface area contributed by atoms with Crippen LogP contribution in [0.1, 0.15) is 43.8 Å². The molecule has 1 N–H and O–H groups in total. The van der Waals surface area contributed by atoms with Crippen LogP contribution in [0.3, 0.4) is 0 Å². The Morgan fingerprint density at radius 3 is 2.90 bits per heavy atom. The molecule has 1 aliphatic rings. The van der Waals surface area contributed by atoms with E-state index in [2.05, 4.69) is 11.1 Å². The Hall–Kier alpha value is -1.06. The standard InChI is InChI=1S/C17H21NOS/c19-17(12-20-15-6-2-1-3-7-15)14-8-9-16-13(11-14)5-4-10-18-16/h4-5,8-11,15,17,19H,1-3,6-7,12H2. The highest BCUT2D eigenvalue weighted by Gasteiger charge is 2.16. The lowest BCUT2D eigenvalue weighted by Crippen LogP contribution is -2.11. The summed E-state index contributed by atoms with van der Waals surface area (Å²) in [6.45, 7) is 0. The number of hydrogen-bond acceptors (Lipinski definition) is 3. The first-order valence-electron chi connectivity index (χ1n) is 7.47. The number of aliphatic hydroxyl groups excluding tert-OH is 1. The van der Waals surface area contributed by atoms with Crippen molar-refractivity contribution in [1.29, 1.82) is 0 Å². The zero-order valence-electron chi connectivity index (χ0n) is 11.7. The molecule has 1 fully saturated rings. The molecule has 0 radical (unpaired) electrons. The number of thioether (sulfide) groups is 1. The molecule has 1 saturated carbocycles. The minimum atomic E-state index is -0.369. The summed E-state index contributed by atoms with van der Waals surface area (Å²) in [5.41, 5.74) is 2.00. The molecule has 2 nitrogen and oxygen atoms in total. The molecule has 0 spiro atoms. The van der Waals surface area contributed by atoms with Crippen LogP contribution in [0.4, 0.5) is 0 Å². The first kappa shape index (κ1) is 13.9. The van der Waals surface area contributed by atoms with Crippen molar-refractivity contribution in [3.05, 3.63) is 42.1 Å². The van der Waals surface area contributed by atoms with Gasteiger partial charge in [0.15, 0.2) is 0 Å². The third-order valence-corrected chi connectivity index (χ3v) is 5.50. The maximum atomic E-state index is 10.4. The van der Waals surface area contributed by atoms with Gasteiger partial charge in [-0.1, -0.05) is 31.4 Å². The molecule has 1 atom stereocenters. The summed E-state index contributed by atoms with van der Waals surface area (Å²) >= 11 is 1.94. The van der Waals surface area contributed by atoms with Gasteiger partial charge in [0.25, 0.3) is 0 Å². The fourth-order valence-electron chi connectivity index (χ4n) is 2.86. The van der Waals surface area contributed by atoms with E-state index in [1.165, 1.54) is 32.1 Å². The molecule has 1 unspecified atom stereocenters. The maximum absolute atomic E-state index is 10.4. The van der Waals surface area contributed by atoms with Crippen LogP contribution in [-0.4, -0.2) is 21.1 Å². The fraction of sp³-hybridized carbons (Fsp3) is 0.471. The molecule has 0 amide bonds. The number of fused-ring (bicyclic) bond motifs is 1. The van der Waals surface area contributed by atoms with Gasteiger partial charge in [0, 0.05) is 22.6 Å². The van der Waals surface area contributed by atoms with Crippen molar-refractivity contribution in [1.82, 2.24) is 4.98 Å². The highest BCUT2D eigenvalue weighted by molar-refractivity contribution is 7.99. The van der Waals surface area contributed by atoms with Crippen LogP contribution >= 0.6 is 11.8 Å². The SMILES string of the molecule is OC(CSC1CCCCC1)c1ccc2ncccc2c1. The van der Waals surface area contributed by atoms with E-state index < -0.39 is 0 Å². The number of nitrogens with zero attached hydrogens (tertiary/aromatic N) is 1. The van der Waals surface area contributed by atoms with Gasteiger partial charge < -0.3 is 5.11 Å². The van der Waals surface area contributed by atoms with Gasteiger partial charge in [-0.3, -0.25) is 4.98 Å². The van der Waals surface area contributed by atoms with Gasteiger partial charge in [0.05, 0.1) is 11.6 Å². The molecule has 0 bridgehead atoms. The molecule has 1 aromatic carbocycles. The van der Waals surface area contributed by atoms with E-state index in [0.29, 0.717) is 0 Å². The van der Waals surface area contributed by atoms with E-state index in [-0.39, 0.29) is 6.10 Å². The van der Waals surface area contributed by atoms with Gasteiger partial charge >= 0.3 is 0 Å². The number of rotatable bonds is 4. The monoisotopic (exact) mass is 287 g/mol. The highest BCUT2D eigenvalue weighted by atomic mass is 32.2. The summed E-state index contributed by atoms with van der Waals surface area (Å²) in [6.07, 6.45) is 8.17. The maximum Gasteiger partial charge on any atom is 0.0880 e. The van der Waals surface area contributed by atoms with Crippen LogP contribution in [-0.2, 0) is 0 Å². The number of aromatic nitrogens is 1. The minimum Gasteiger partial charge on any atom is -0.388 e. The number of aliphatic hydroxyl groups is 1. The van der Waals surface area contributed by atoms with Crippen LogP contribution < -0.4 is 0 Å². The summed E-state index contributed by atoms with van der Waals surface area (Å²) in [6, 6.07) is 10.1. The van der Waals surface area contributed by atoms with Crippen molar-refractivity contribution in [3.63, 3.8) is 0 Å². The predicted octanol–water partition coefficient (Wildman–Crippen LogP) is 4.33. The summed E-state index contributed by atoms with van der Waals surface area (Å²) in [7, 11) is 0. The lowest BCUT2D eigenvalue weighted by molar-refractivity contribution is 0.204. The lowest BCUT2D eigenvalue weighted by Gasteiger charge is -2.22. The molecule has 1 aromatic heterocycles. The quantitative estimate of drug-likeness (QED) is 0.908. The highest BCUT2D eigenvalue weighted by Crippen LogP contribution is 2.31. The molecule has 0 saturated heterocycles. The van der Waals surface area contributed by atoms with E-state index in [9.17, 15) is 5.11 Å². The topological polar surface area (TPSA) is 33.1 Å². The molecule has 1 heterocycles. The summed E-state index contributed by atoms with van der Waals surface area (Å²) in [5.74, 6) is 0.802. The first-order chi connectivity index (χ1) is 9.83. The van der Waals surface area contributed by atoms with Crippen molar-refractivity contribution in [2.75, 3.05) is 5.75 Å². The van der Waals surface area contributed by atoms with Gasteiger partial charge in [-0.15, -0.1) is 0 Å². The van der Waals surface area contributed by atoms with Gasteiger partial charge in [0.2, 0.25) is 0 Å². The summed E-state index contributed by atoms with van der Waals surface area (Å²) in [5, 5.41) is 12.2. The average molecular weight is 287 g/mol. The van der Waals surface area contributed by atoms with Gasteiger partial charge in [-0.2, -0.15) is 11.8 Å². The Kier molecular flexibility index (Phi) is 4.58. The van der Waals surface area contributed by atoms with Crippen LogP contribution in [0.25, 0.3) is 10.9 Å². The molecule has 2 aromatic rings. The second kappa shape index (κ2) is 6.59. The van der Waals surface area contributed by atoms with E-state index in [4.69, 9.17) is 0 Å². The average Bonchev–Trinajstić information content (AvgIpc) is 2.53. The van der Waals surface area contributed by atoms with E-state index in [0.717, 1.165) is 27.5 Å². The van der Waals surface area contributed by atoms with Gasteiger partial charge in [-0.25, -0.2) is 0 Å². The molecule has 3 rings (SSSR count). The molecular formula is C17H21NOS. The van der Waals surface area contributed by atoms with Crippen molar-refractivity contribution in [2.24, 2.45) is 0 Å². The minimum absolute atomic E-state index is 0.369. The first-order valence-corrected chi connectivity index (χ1v) is 8.52. The fourth-order valence-corrected chi connectivity index (χ4v) is 4.17. The zero-order valence-corrected chi connectivity index (χ0v) is 12.5. The smallest absolute Gasteiger partial charge is 0.0880 e. The van der Waals surface area contributed by atoms with Crippen molar-refractivity contribution in [2.45, 2.75) is 43.5 Å². The molecule has 106 valence electrons. The summed E-state index contributed by atoms with van der Waals surface area (Å²) in [4.78, 5) is 4.31. The molecule has 0 aliphatic heterocycles. The third kappa shape index (κ3) is 3.33. The third-order valence-electron chi connectivity index (χ3n) is 4.05. The molecule has 1 aliphatic carbocycles. The van der Waals surface area contributed by atoms with Crippen molar-refractivity contribution in [3.8, 4) is 0 Å². The van der Waals surface area contributed by atoms with Crippen molar-refractivity contribution < 1.29 is 5.11 Å². The second-order valence-electron chi connectivity index (χ2n) is 5.56. The lowest BCUT2D eigenvalue weighted by atomic mass is 10.0.